The van der Waals surface area contributed by atoms with Gasteiger partial charge in [-0.15, -0.1) is 0 Å². The molecule has 0 bridgehead atoms. The fraction of sp³-hybridized carbons (Fsp3) is 0.417. The standard InChI is InChI=1S/C12H16Cl2N2O2S/c1-8(19(2)18)6-15-7-11(17)16-12-9(13)4-3-5-10(12)14/h3-5,8,15H,6-7H2,1-2H3,(H,16,17). The van der Waals surface area contributed by atoms with Crippen LogP contribution in [0.25, 0.3) is 0 Å². The third kappa shape index (κ3) is 5.48. The van der Waals surface area contributed by atoms with Gasteiger partial charge in [0.25, 0.3) is 0 Å². The number of amides is 1. The van der Waals surface area contributed by atoms with Gasteiger partial charge in [-0.1, -0.05) is 29.3 Å². The molecule has 7 heteroatoms. The Kier molecular flexibility index (Phi) is 6.79. The van der Waals surface area contributed by atoms with Crippen LogP contribution in [-0.4, -0.2) is 34.7 Å². The van der Waals surface area contributed by atoms with Gasteiger partial charge in [0, 0.05) is 28.9 Å². The van der Waals surface area contributed by atoms with Crippen LogP contribution in [0.15, 0.2) is 18.2 Å². The molecular formula is C12H16Cl2N2O2S. The molecule has 0 aromatic heterocycles. The van der Waals surface area contributed by atoms with Crippen molar-refractivity contribution in [1.29, 1.82) is 0 Å². The molecule has 1 aromatic carbocycles. The van der Waals surface area contributed by atoms with Crippen molar-refractivity contribution in [1.82, 2.24) is 5.32 Å². The highest BCUT2D eigenvalue weighted by atomic mass is 35.5. The van der Waals surface area contributed by atoms with E-state index in [-0.39, 0.29) is 17.7 Å². The molecule has 0 fully saturated rings. The molecule has 0 heterocycles. The molecule has 2 N–H and O–H groups in total. The number of para-hydroxylation sites is 1. The minimum atomic E-state index is -0.907. The van der Waals surface area contributed by atoms with Crippen molar-refractivity contribution in [2.75, 3.05) is 24.7 Å². The Morgan fingerprint density at radius 3 is 2.47 bits per heavy atom. The van der Waals surface area contributed by atoms with Gasteiger partial charge in [-0.05, 0) is 19.1 Å². The smallest absolute Gasteiger partial charge is 0.238 e. The molecule has 2 atom stereocenters. The van der Waals surface area contributed by atoms with Crippen molar-refractivity contribution in [2.24, 2.45) is 0 Å². The van der Waals surface area contributed by atoms with Gasteiger partial charge in [0.15, 0.2) is 0 Å². The van der Waals surface area contributed by atoms with Crippen molar-refractivity contribution in [2.45, 2.75) is 12.2 Å². The summed E-state index contributed by atoms with van der Waals surface area (Å²) < 4.78 is 11.1. The Balaban J connectivity index is 2.46. The lowest BCUT2D eigenvalue weighted by Crippen LogP contribution is -2.34. The van der Waals surface area contributed by atoms with E-state index >= 15 is 0 Å². The SMILES string of the molecule is CC(CNCC(=O)Nc1c(Cl)cccc1Cl)S(C)=O. The van der Waals surface area contributed by atoms with Crippen LogP contribution in [0.1, 0.15) is 6.92 Å². The van der Waals surface area contributed by atoms with E-state index in [4.69, 9.17) is 23.2 Å². The summed E-state index contributed by atoms with van der Waals surface area (Å²) >= 11 is 11.9. The first-order chi connectivity index (χ1) is 8.91. The molecule has 0 saturated heterocycles. The molecule has 106 valence electrons. The van der Waals surface area contributed by atoms with Crippen molar-refractivity contribution >= 4 is 45.6 Å². The van der Waals surface area contributed by atoms with E-state index in [2.05, 4.69) is 10.6 Å². The predicted octanol–water partition coefficient (Wildman–Crippen LogP) is 2.29. The number of anilines is 1. The largest absolute Gasteiger partial charge is 0.322 e. The van der Waals surface area contributed by atoms with Gasteiger partial charge in [-0.3, -0.25) is 9.00 Å². The van der Waals surface area contributed by atoms with E-state index in [0.717, 1.165) is 0 Å². The minimum absolute atomic E-state index is 0.00305. The molecule has 1 aromatic rings. The zero-order chi connectivity index (χ0) is 14.4. The number of rotatable bonds is 6. The number of halogens is 2. The van der Waals surface area contributed by atoms with Crippen molar-refractivity contribution in [3.05, 3.63) is 28.2 Å². The number of nitrogens with one attached hydrogen (secondary N) is 2. The van der Waals surface area contributed by atoms with Crippen LogP contribution in [0.4, 0.5) is 5.69 Å². The summed E-state index contributed by atoms with van der Waals surface area (Å²) in [6.07, 6.45) is 1.63. The van der Waals surface area contributed by atoms with E-state index < -0.39 is 10.8 Å². The molecule has 0 radical (unpaired) electrons. The first-order valence-electron chi connectivity index (χ1n) is 5.68. The zero-order valence-corrected chi connectivity index (χ0v) is 13.0. The van der Waals surface area contributed by atoms with Crippen molar-refractivity contribution in [3.8, 4) is 0 Å². The molecule has 2 unspecified atom stereocenters. The number of carbonyl (C=O) groups excluding carboxylic acids is 1. The van der Waals surface area contributed by atoms with Gasteiger partial charge < -0.3 is 10.6 Å². The molecule has 0 aliphatic heterocycles. The molecule has 0 aliphatic rings. The second kappa shape index (κ2) is 7.85. The Bertz CT molecular complexity index is 463. The van der Waals surface area contributed by atoms with E-state index in [1.54, 1.807) is 24.5 Å². The summed E-state index contributed by atoms with van der Waals surface area (Å²) in [4.78, 5) is 11.7. The monoisotopic (exact) mass is 322 g/mol. The van der Waals surface area contributed by atoms with E-state index in [1.165, 1.54) is 0 Å². The lowest BCUT2D eigenvalue weighted by Gasteiger charge is -2.11. The van der Waals surface area contributed by atoms with Crippen LogP contribution in [0.3, 0.4) is 0 Å². The molecule has 0 saturated carbocycles. The second-order valence-corrected chi connectivity index (χ2v) is 6.70. The molecule has 4 nitrogen and oxygen atoms in total. The van der Waals surface area contributed by atoms with Gasteiger partial charge in [-0.25, -0.2) is 0 Å². The molecular weight excluding hydrogens is 307 g/mol. The van der Waals surface area contributed by atoms with Crippen LogP contribution in [0, 0.1) is 0 Å². The highest BCUT2D eigenvalue weighted by Crippen LogP contribution is 2.29. The normalized spacial score (nSPS) is 13.9. The van der Waals surface area contributed by atoms with Crippen LogP contribution in [0.2, 0.25) is 10.0 Å². The average molecular weight is 323 g/mol. The van der Waals surface area contributed by atoms with Gasteiger partial charge in [-0.2, -0.15) is 0 Å². The first-order valence-corrected chi connectivity index (χ1v) is 8.06. The number of hydrogen-bond acceptors (Lipinski definition) is 3. The molecule has 1 amide bonds. The van der Waals surface area contributed by atoms with E-state index in [0.29, 0.717) is 22.3 Å². The minimum Gasteiger partial charge on any atom is -0.322 e. The van der Waals surface area contributed by atoms with Gasteiger partial charge >= 0.3 is 0 Å². The maximum absolute atomic E-state index is 11.7. The Labute approximate surface area is 125 Å². The molecule has 1 rings (SSSR count). The van der Waals surface area contributed by atoms with Gasteiger partial charge in [0.1, 0.15) is 0 Å². The van der Waals surface area contributed by atoms with Gasteiger partial charge in [0.2, 0.25) is 5.91 Å². The second-order valence-electron chi connectivity index (χ2n) is 4.08. The lowest BCUT2D eigenvalue weighted by atomic mass is 10.3. The molecule has 0 spiro atoms. The number of hydrogen-bond donors (Lipinski definition) is 2. The van der Waals surface area contributed by atoms with E-state index in [1.807, 2.05) is 6.92 Å². The number of benzene rings is 1. The van der Waals surface area contributed by atoms with Gasteiger partial charge in [0.05, 0.1) is 22.3 Å². The Morgan fingerprint density at radius 2 is 1.95 bits per heavy atom. The van der Waals surface area contributed by atoms with Crippen LogP contribution in [-0.2, 0) is 15.6 Å². The van der Waals surface area contributed by atoms with E-state index in [9.17, 15) is 9.00 Å². The Hall–Kier alpha value is -0.620. The van der Waals surface area contributed by atoms with Crippen LogP contribution in [0.5, 0.6) is 0 Å². The van der Waals surface area contributed by atoms with Crippen molar-refractivity contribution in [3.63, 3.8) is 0 Å². The zero-order valence-electron chi connectivity index (χ0n) is 10.7. The van der Waals surface area contributed by atoms with Crippen molar-refractivity contribution < 1.29 is 9.00 Å². The fourth-order valence-corrected chi connectivity index (χ4v) is 2.15. The number of carbonyl (C=O) groups is 1. The molecule has 0 aliphatic carbocycles. The lowest BCUT2D eigenvalue weighted by molar-refractivity contribution is -0.115. The average Bonchev–Trinajstić information content (AvgIpc) is 2.33. The topological polar surface area (TPSA) is 58.2 Å². The van der Waals surface area contributed by atoms with Crippen LogP contribution >= 0.6 is 23.2 Å². The highest BCUT2D eigenvalue weighted by molar-refractivity contribution is 7.84. The third-order valence-electron chi connectivity index (χ3n) is 2.51. The summed E-state index contributed by atoms with van der Waals surface area (Å²) in [5.41, 5.74) is 0.407. The molecule has 19 heavy (non-hydrogen) atoms. The summed E-state index contributed by atoms with van der Waals surface area (Å²) in [5, 5.41) is 6.36. The summed E-state index contributed by atoms with van der Waals surface area (Å²) in [6.45, 7) is 2.47. The third-order valence-corrected chi connectivity index (χ3v) is 4.44. The quantitative estimate of drug-likeness (QED) is 0.844. The Morgan fingerprint density at radius 1 is 1.37 bits per heavy atom. The first kappa shape index (κ1) is 16.4. The predicted molar refractivity (Wildman–Crippen MR) is 81.5 cm³/mol. The maximum atomic E-state index is 11.7. The maximum Gasteiger partial charge on any atom is 0.238 e. The summed E-state index contributed by atoms with van der Waals surface area (Å²) in [5.74, 6) is -0.246. The highest BCUT2D eigenvalue weighted by Gasteiger charge is 2.10. The van der Waals surface area contributed by atoms with Crippen LogP contribution < -0.4 is 10.6 Å². The fourth-order valence-electron chi connectivity index (χ4n) is 1.31. The summed E-state index contributed by atoms with van der Waals surface area (Å²) in [6, 6.07) is 5.01. The summed E-state index contributed by atoms with van der Waals surface area (Å²) in [7, 11) is -0.907.